The summed E-state index contributed by atoms with van der Waals surface area (Å²) in [5, 5.41) is 15.8. The zero-order chi connectivity index (χ0) is 11.7. The van der Waals surface area contributed by atoms with Crippen LogP contribution in [0.3, 0.4) is 0 Å². The van der Waals surface area contributed by atoms with Crippen LogP contribution in [0.4, 0.5) is 13.2 Å². The van der Waals surface area contributed by atoms with Gasteiger partial charge in [-0.25, -0.2) is 13.2 Å². The lowest BCUT2D eigenvalue weighted by Crippen LogP contribution is -2.04. The van der Waals surface area contributed by atoms with Crippen molar-refractivity contribution in [2.75, 3.05) is 0 Å². The third-order valence-corrected chi connectivity index (χ3v) is 2.01. The molecule has 2 rings (SSSR count). The maximum Gasteiger partial charge on any atom is 0.163 e. The topological polar surface area (TPSA) is 50.9 Å². The summed E-state index contributed by atoms with van der Waals surface area (Å²) in [7, 11) is 0. The van der Waals surface area contributed by atoms with E-state index < -0.39 is 24.1 Å². The number of nitrogens with zero attached hydrogens (tertiary/aromatic N) is 3. The fourth-order valence-corrected chi connectivity index (χ4v) is 1.26. The molecule has 0 saturated carbocycles. The third-order valence-electron chi connectivity index (χ3n) is 2.01. The normalized spacial score (nSPS) is 10.8. The number of hydrogen-bond acceptors (Lipinski definition) is 3. The van der Waals surface area contributed by atoms with Gasteiger partial charge in [0.15, 0.2) is 17.5 Å². The van der Waals surface area contributed by atoms with Crippen molar-refractivity contribution in [2.45, 2.75) is 6.61 Å². The van der Waals surface area contributed by atoms with Gasteiger partial charge in [0, 0.05) is 12.1 Å². The Kier molecular flexibility index (Phi) is 2.61. The number of aromatic nitrogens is 3. The summed E-state index contributed by atoms with van der Waals surface area (Å²) in [6, 6.07) is 1.10. The van der Waals surface area contributed by atoms with Crippen LogP contribution in [-0.2, 0) is 6.61 Å². The van der Waals surface area contributed by atoms with Crippen molar-refractivity contribution in [3.8, 4) is 5.69 Å². The van der Waals surface area contributed by atoms with E-state index >= 15 is 0 Å². The maximum absolute atomic E-state index is 13.3. The van der Waals surface area contributed by atoms with Crippen molar-refractivity contribution in [1.82, 2.24) is 14.8 Å². The minimum atomic E-state index is -1.28. The summed E-state index contributed by atoms with van der Waals surface area (Å²) in [6.45, 7) is -0.488. The first-order valence-corrected chi connectivity index (χ1v) is 4.28. The number of hydrogen-bond donors (Lipinski definition) is 1. The zero-order valence-electron chi connectivity index (χ0n) is 7.86. The van der Waals surface area contributed by atoms with E-state index in [1.54, 1.807) is 0 Å². The zero-order valence-corrected chi connectivity index (χ0v) is 7.86. The second-order valence-electron chi connectivity index (χ2n) is 2.99. The number of rotatable bonds is 2. The molecule has 0 atom stereocenters. The van der Waals surface area contributed by atoms with Gasteiger partial charge in [0.25, 0.3) is 0 Å². The van der Waals surface area contributed by atoms with Crippen LogP contribution in [0.25, 0.3) is 5.69 Å². The van der Waals surface area contributed by atoms with E-state index in [1.165, 1.54) is 0 Å². The molecule has 0 spiro atoms. The summed E-state index contributed by atoms with van der Waals surface area (Å²) in [5.74, 6) is -3.40. The Morgan fingerprint density at radius 2 is 1.81 bits per heavy atom. The number of benzene rings is 1. The number of halogens is 3. The average Bonchev–Trinajstić information content (AvgIpc) is 2.71. The van der Waals surface area contributed by atoms with Crippen molar-refractivity contribution in [3.63, 3.8) is 0 Å². The first-order chi connectivity index (χ1) is 7.63. The molecule has 4 nitrogen and oxygen atoms in total. The summed E-state index contributed by atoms with van der Waals surface area (Å²) in [4.78, 5) is 0. The lowest BCUT2D eigenvalue weighted by atomic mass is 10.2. The lowest BCUT2D eigenvalue weighted by Gasteiger charge is -2.06. The highest BCUT2D eigenvalue weighted by molar-refractivity contribution is 5.35. The van der Waals surface area contributed by atoms with Crippen LogP contribution in [-0.4, -0.2) is 19.9 Å². The van der Waals surface area contributed by atoms with Gasteiger partial charge in [0.1, 0.15) is 18.8 Å². The van der Waals surface area contributed by atoms with Gasteiger partial charge >= 0.3 is 0 Å². The quantitative estimate of drug-likeness (QED) is 0.786. The summed E-state index contributed by atoms with van der Waals surface area (Å²) < 4.78 is 40.0. The van der Waals surface area contributed by atoms with E-state index in [2.05, 4.69) is 10.2 Å². The molecule has 1 N–H and O–H groups in total. The van der Waals surface area contributed by atoms with Crippen LogP contribution >= 0.6 is 0 Å². The first kappa shape index (κ1) is 10.6. The lowest BCUT2D eigenvalue weighted by molar-refractivity contribution is 0.268. The monoisotopic (exact) mass is 229 g/mol. The van der Waals surface area contributed by atoms with Crippen LogP contribution in [0.1, 0.15) is 5.82 Å². The van der Waals surface area contributed by atoms with Gasteiger partial charge in [-0.05, 0) is 0 Å². The summed E-state index contributed by atoms with van der Waals surface area (Å²) in [6.07, 6.45) is 1.10. The van der Waals surface area contributed by atoms with Crippen LogP contribution in [0.2, 0.25) is 0 Å². The molecule has 0 fully saturated rings. The van der Waals surface area contributed by atoms with Crippen LogP contribution in [0.15, 0.2) is 18.5 Å². The summed E-state index contributed by atoms with van der Waals surface area (Å²) >= 11 is 0. The molecule has 1 heterocycles. The Balaban J connectivity index is 2.60. The van der Waals surface area contributed by atoms with E-state index in [-0.39, 0.29) is 11.5 Å². The van der Waals surface area contributed by atoms with E-state index in [9.17, 15) is 13.2 Å². The van der Waals surface area contributed by atoms with Gasteiger partial charge in [-0.3, -0.25) is 4.57 Å². The molecular formula is C9H6F3N3O. The molecule has 16 heavy (non-hydrogen) atoms. The van der Waals surface area contributed by atoms with Crippen molar-refractivity contribution in [2.24, 2.45) is 0 Å². The van der Waals surface area contributed by atoms with Crippen LogP contribution < -0.4 is 0 Å². The van der Waals surface area contributed by atoms with Crippen LogP contribution in [0.5, 0.6) is 0 Å². The molecule has 2 aromatic rings. The maximum atomic E-state index is 13.3. The fourth-order valence-electron chi connectivity index (χ4n) is 1.26. The Morgan fingerprint density at radius 3 is 2.50 bits per heavy atom. The van der Waals surface area contributed by atoms with E-state index in [1.807, 2.05) is 0 Å². The van der Waals surface area contributed by atoms with Gasteiger partial charge in [-0.15, -0.1) is 10.2 Å². The van der Waals surface area contributed by atoms with Gasteiger partial charge < -0.3 is 5.11 Å². The fraction of sp³-hybridized carbons (Fsp3) is 0.111. The smallest absolute Gasteiger partial charge is 0.163 e. The van der Waals surface area contributed by atoms with Crippen LogP contribution in [0, 0.1) is 17.5 Å². The molecular weight excluding hydrogens is 223 g/mol. The Labute approximate surface area is 88.0 Å². The number of aliphatic hydroxyl groups is 1. The van der Waals surface area contributed by atoms with Gasteiger partial charge in [0.05, 0.1) is 5.69 Å². The van der Waals surface area contributed by atoms with Crippen molar-refractivity contribution >= 4 is 0 Å². The second-order valence-corrected chi connectivity index (χ2v) is 2.99. The summed E-state index contributed by atoms with van der Waals surface area (Å²) in [5.41, 5.74) is -0.257. The molecule has 1 aromatic carbocycles. The molecule has 1 aromatic heterocycles. The van der Waals surface area contributed by atoms with E-state index in [0.29, 0.717) is 12.1 Å². The van der Waals surface area contributed by atoms with E-state index in [4.69, 9.17) is 5.11 Å². The van der Waals surface area contributed by atoms with Gasteiger partial charge in [-0.2, -0.15) is 0 Å². The molecule has 0 amide bonds. The minimum Gasteiger partial charge on any atom is -0.388 e. The molecule has 0 bridgehead atoms. The average molecular weight is 229 g/mol. The molecule has 84 valence electrons. The molecule has 0 saturated heterocycles. The Morgan fingerprint density at radius 1 is 1.12 bits per heavy atom. The third kappa shape index (κ3) is 1.65. The van der Waals surface area contributed by atoms with Crippen molar-refractivity contribution in [1.29, 1.82) is 0 Å². The molecule has 0 aliphatic carbocycles. The minimum absolute atomic E-state index is 0.0323. The molecule has 0 aliphatic heterocycles. The van der Waals surface area contributed by atoms with Gasteiger partial charge in [-0.1, -0.05) is 0 Å². The molecule has 0 aliphatic rings. The molecule has 0 unspecified atom stereocenters. The van der Waals surface area contributed by atoms with E-state index in [0.717, 1.165) is 10.9 Å². The SMILES string of the molecule is OCc1nncn1-c1cc(F)c(F)cc1F. The first-order valence-electron chi connectivity index (χ1n) is 4.28. The predicted molar refractivity (Wildman–Crippen MR) is 47.2 cm³/mol. The Bertz CT molecular complexity index is 527. The second kappa shape index (κ2) is 3.93. The Hall–Kier alpha value is -1.89. The number of aliphatic hydroxyl groups excluding tert-OH is 1. The van der Waals surface area contributed by atoms with Crippen molar-refractivity contribution in [3.05, 3.63) is 41.7 Å². The highest BCUT2D eigenvalue weighted by atomic mass is 19.2. The predicted octanol–water partition coefficient (Wildman–Crippen LogP) is 1.18. The molecule has 0 radical (unpaired) electrons. The highest BCUT2D eigenvalue weighted by Crippen LogP contribution is 2.18. The largest absolute Gasteiger partial charge is 0.388 e. The standard InChI is InChI=1S/C9H6F3N3O/c10-5-1-7(12)8(2-6(5)11)15-4-13-14-9(15)3-16/h1-2,4,16H,3H2. The van der Waals surface area contributed by atoms with Gasteiger partial charge in [0.2, 0.25) is 0 Å². The highest BCUT2D eigenvalue weighted by Gasteiger charge is 2.14. The van der Waals surface area contributed by atoms with Crippen molar-refractivity contribution < 1.29 is 18.3 Å². The molecule has 7 heteroatoms.